The second kappa shape index (κ2) is 6.20. The number of amides is 1. The summed E-state index contributed by atoms with van der Waals surface area (Å²) in [6.07, 6.45) is 0.606. The largest absolute Gasteiger partial charge is 0.337 e. The zero-order valence-electron chi connectivity index (χ0n) is 12.1. The van der Waals surface area contributed by atoms with Crippen molar-refractivity contribution in [1.82, 2.24) is 10.2 Å². The molecule has 0 aliphatic carbocycles. The Morgan fingerprint density at radius 1 is 1.47 bits per heavy atom. The van der Waals surface area contributed by atoms with Crippen molar-refractivity contribution in [1.29, 1.82) is 0 Å². The first-order chi connectivity index (χ1) is 9.09. The molecule has 0 spiro atoms. The van der Waals surface area contributed by atoms with Crippen molar-refractivity contribution in [2.24, 2.45) is 0 Å². The average Bonchev–Trinajstić information content (AvgIpc) is 2.39. The maximum atomic E-state index is 12.4. The highest BCUT2D eigenvalue weighted by atomic mass is 16.2. The Balaban J connectivity index is 2.00. The second-order valence-corrected chi connectivity index (χ2v) is 5.60. The van der Waals surface area contributed by atoms with Gasteiger partial charge in [-0.2, -0.15) is 0 Å². The van der Waals surface area contributed by atoms with Gasteiger partial charge in [-0.05, 0) is 30.9 Å². The summed E-state index contributed by atoms with van der Waals surface area (Å²) >= 11 is 0. The first kappa shape index (κ1) is 14.1. The van der Waals surface area contributed by atoms with Crippen LogP contribution in [-0.2, 0) is 4.79 Å². The predicted molar refractivity (Wildman–Crippen MR) is 78.3 cm³/mol. The van der Waals surface area contributed by atoms with Gasteiger partial charge in [-0.3, -0.25) is 4.79 Å². The van der Waals surface area contributed by atoms with Crippen LogP contribution in [0.3, 0.4) is 0 Å². The van der Waals surface area contributed by atoms with Crippen LogP contribution in [0.4, 0.5) is 0 Å². The van der Waals surface area contributed by atoms with Gasteiger partial charge < -0.3 is 10.2 Å². The molecule has 104 valence electrons. The van der Waals surface area contributed by atoms with E-state index in [2.05, 4.69) is 44.3 Å². The lowest BCUT2D eigenvalue weighted by atomic mass is 9.93. The highest BCUT2D eigenvalue weighted by molar-refractivity contribution is 5.77. The predicted octanol–water partition coefficient (Wildman–Crippen LogP) is 2.31. The van der Waals surface area contributed by atoms with Crippen LogP contribution < -0.4 is 5.32 Å². The summed E-state index contributed by atoms with van der Waals surface area (Å²) in [4.78, 5) is 14.4. The molecule has 1 aromatic rings. The molecule has 1 N–H and O–H groups in total. The maximum absolute atomic E-state index is 12.4. The summed E-state index contributed by atoms with van der Waals surface area (Å²) in [6.45, 7) is 9.03. The van der Waals surface area contributed by atoms with Crippen molar-refractivity contribution in [3.63, 3.8) is 0 Å². The number of carbonyl (C=O) groups is 1. The molecule has 1 aromatic carbocycles. The molecule has 1 fully saturated rings. The molecule has 1 aliphatic heterocycles. The number of carbonyl (C=O) groups excluding carboxylic acids is 1. The van der Waals surface area contributed by atoms with Crippen molar-refractivity contribution in [2.75, 3.05) is 19.6 Å². The third-order valence-electron chi connectivity index (χ3n) is 4.02. The molecule has 1 amide bonds. The van der Waals surface area contributed by atoms with Crippen LogP contribution in [0.1, 0.15) is 37.3 Å². The molecule has 2 atom stereocenters. The highest BCUT2D eigenvalue weighted by Crippen LogP contribution is 2.23. The fourth-order valence-electron chi connectivity index (χ4n) is 2.84. The SMILES string of the molecule is Cc1ccccc1C(C)CC(=O)N1CCNC[C@H]1C. The number of benzene rings is 1. The van der Waals surface area contributed by atoms with E-state index in [9.17, 15) is 4.79 Å². The topological polar surface area (TPSA) is 32.3 Å². The van der Waals surface area contributed by atoms with Gasteiger partial charge in [0.15, 0.2) is 0 Å². The third-order valence-corrected chi connectivity index (χ3v) is 4.02. The molecule has 1 heterocycles. The Labute approximate surface area is 116 Å². The van der Waals surface area contributed by atoms with E-state index < -0.39 is 0 Å². The molecule has 0 radical (unpaired) electrons. The molecule has 0 saturated carbocycles. The summed E-state index contributed by atoms with van der Waals surface area (Å²) in [7, 11) is 0. The number of rotatable bonds is 3. The molecule has 1 aliphatic rings. The van der Waals surface area contributed by atoms with Crippen molar-refractivity contribution in [3.05, 3.63) is 35.4 Å². The van der Waals surface area contributed by atoms with Crippen molar-refractivity contribution in [3.8, 4) is 0 Å². The molecule has 1 unspecified atom stereocenters. The van der Waals surface area contributed by atoms with Gasteiger partial charge in [0.25, 0.3) is 0 Å². The van der Waals surface area contributed by atoms with Crippen LogP contribution in [0, 0.1) is 6.92 Å². The average molecular weight is 260 g/mol. The number of aryl methyl sites for hydroxylation is 1. The maximum Gasteiger partial charge on any atom is 0.223 e. The van der Waals surface area contributed by atoms with Crippen molar-refractivity contribution in [2.45, 2.75) is 39.2 Å². The van der Waals surface area contributed by atoms with Crippen LogP contribution in [0.2, 0.25) is 0 Å². The van der Waals surface area contributed by atoms with Gasteiger partial charge in [0.05, 0.1) is 0 Å². The number of nitrogens with zero attached hydrogens (tertiary/aromatic N) is 1. The lowest BCUT2D eigenvalue weighted by Gasteiger charge is -2.34. The van der Waals surface area contributed by atoms with E-state index in [4.69, 9.17) is 0 Å². The molecular weight excluding hydrogens is 236 g/mol. The monoisotopic (exact) mass is 260 g/mol. The van der Waals surface area contributed by atoms with Crippen molar-refractivity contribution < 1.29 is 4.79 Å². The molecule has 0 bridgehead atoms. The Morgan fingerprint density at radius 2 is 2.21 bits per heavy atom. The van der Waals surface area contributed by atoms with Gasteiger partial charge in [0.2, 0.25) is 5.91 Å². The van der Waals surface area contributed by atoms with Crippen molar-refractivity contribution >= 4 is 5.91 Å². The lowest BCUT2D eigenvalue weighted by Crippen LogP contribution is -2.52. The fourth-order valence-corrected chi connectivity index (χ4v) is 2.84. The Kier molecular flexibility index (Phi) is 4.59. The van der Waals surface area contributed by atoms with E-state index in [0.29, 0.717) is 12.5 Å². The number of hydrogen-bond donors (Lipinski definition) is 1. The molecular formula is C16H24N2O. The van der Waals surface area contributed by atoms with Gasteiger partial charge in [-0.15, -0.1) is 0 Å². The van der Waals surface area contributed by atoms with Gasteiger partial charge in [-0.25, -0.2) is 0 Å². The molecule has 3 nitrogen and oxygen atoms in total. The minimum atomic E-state index is 0.282. The minimum Gasteiger partial charge on any atom is -0.337 e. The molecule has 3 heteroatoms. The standard InChI is InChI=1S/C16H24N2O/c1-12-6-4-5-7-15(12)13(2)10-16(19)18-9-8-17-11-14(18)3/h4-7,13-14,17H,8-11H2,1-3H3/t13?,14-/m1/s1. The Morgan fingerprint density at radius 3 is 2.89 bits per heavy atom. The molecule has 0 aromatic heterocycles. The van der Waals surface area contributed by atoms with Crippen LogP contribution in [0.15, 0.2) is 24.3 Å². The number of hydrogen-bond acceptors (Lipinski definition) is 2. The summed E-state index contributed by atoms with van der Waals surface area (Å²) in [5.74, 6) is 0.570. The van der Waals surface area contributed by atoms with E-state index in [1.54, 1.807) is 0 Å². The minimum absolute atomic E-state index is 0.282. The number of piperazine rings is 1. The number of nitrogens with one attached hydrogen (secondary N) is 1. The van der Waals surface area contributed by atoms with Crippen LogP contribution in [0.5, 0.6) is 0 Å². The highest BCUT2D eigenvalue weighted by Gasteiger charge is 2.24. The fraction of sp³-hybridized carbons (Fsp3) is 0.562. The van der Waals surface area contributed by atoms with E-state index in [0.717, 1.165) is 19.6 Å². The van der Waals surface area contributed by atoms with E-state index in [1.807, 2.05) is 11.0 Å². The van der Waals surface area contributed by atoms with Gasteiger partial charge in [0, 0.05) is 32.1 Å². The summed E-state index contributed by atoms with van der Waals surface area (Å²) < 4.78 is 0. The van der Waals surface area contributed by atoms with E-state index >= 15 is 0 Å². The zero-order chi connectivity index (χ0) is 13.8. The lowest BCUT2D eigenvalue weighted by molar-refractivity contribution is -0.134. The molecule has 2 rings (SSSR count). The third kappa shape index (κ3) is 3.35. The molecule has 19 heavy (non-hydrogen) atoms. The summed E-state index contributed by atoms with van der Waals surface area (Å²) in [5, 5.41) is 3.32. The quantitative estimate of drug-likeness (QED) is 0.904. The Bertz CT molecular complexity index is 444. The van der Waals surface area contributed by atoms with Crippen LogP contribution in [-0.4, -0.2) is 36.5 Å². The van der Waals surface area contributed by atoms with E-state index in [1.165, 1.54) is 11.1 Å². The smallest absolute Gasteiger partial charge is 0.223 e. The normalized spacial score (nSPS) is 21.2. The van der Waals surface area contributed by atoms with Gasteiger partial charge >= 0.3 is 0 Å². The van der Waals surface area contributed by atoms with Gasteiger partial charge in [-0.1, -0.05) is 31.2 Å². The molecule has 1 saturated heterocycles. The zero-order valence-corrected chi connectivity index (χ0v) is 12.1. The summed E-state index contributed by atoms with van der Waals surface area (Å²) in [6, 6.07) is 8.66. The van der Waals surface area contributed by atoms with Crippen LogP contribution >= 0.6 is 0 Å². The van der Waals surface area contributed by atoms with E-state index in [-0.39, 0.29) is 11.8 Å². The second-order valence-electron chi connectivity index (χ2n) is 5.60. The van der Waals surface area contributed by atoms with Crippen LogP contribution in [0.25, 0.3) is 0 Å². The Hall–Kier alpha value is -1.35. The first-order valence-electron chi connectivity index (χ1n) is 7.15. The first-order valence-corrected chi connectivity index (χ1v) is 7.15. The van der Waals surface area contributed by atoms with Gasteiger partial charge in [0.1, 0.15) is 0 Å². The summed E-state index contributed by atoms with van der Waals surface area (Å²) in [5.41, 5.74) is 2.56.